The number of hydrogen-bond donors (Lipinski definition) is 0. The van der Waals surface area contributed by atoms with E-state index in [-0.39, 0.29) is 5.69 Å². The first kappa shape index (κ1) is 10.1. The van der Waals surface area contributed by atoms with Crippen molar-refractivity contribution in [3.63, 3.8) is 0 Å². The average molecular weight is 182 g/mol. The van der Waals surface area contributed by atoms with Gasteiger partial charge >= 0.3 is 5.69 Å². The molecule has 3 heteroatoms. The van der Waals surface area contributed by atoms with Gasteiger partial charge in [0.25, 0.3) is 0 Å². The van der Waals surface area contributed by atoms with Gasteiger partial charge in [0.1, 0.15) is 0 Å². The van der Waals surface area contributed by atoms with Crippen LogP contribution in [0.4, 0.5) is 0 Å². The van der Waals surface area contributed by atoms with Crippen LogP contribution in [0.15, 0.2) is 17.2 Å². The summed E-state index contributed by atoms with van der Waals surface area (Å²) in [5, 5.41) is 0. The third-order valence-corrected chi connectivity index (χ3v) is 2.46. The number of aromatic nitrogens is 2. The first-order valence-corrected chi connectivity index (χ1v) is 4.94. The molecule has 74 valence electrons. The third kappa shape index (κ3) is 2.23. The summed E-state index contributed by atoms with van der Waals surface area (Å²) in [7, 11) is 0. The monoisotopic (exact) mass is 182 g/mol. The summed E-state index contributed by atoms with van der Waals surface area (Å²) < 4.78 is 3.51. The van der Waals surface area contributed by atoms with E-state index in [1.165, 1.54) is 0 Å². The Morgan fingerprint density at radius 1 is 1.31 bits per heavy atom. The van der Waals surface area contributed by atoms with Gasteiger partial charge in [0.15, 0.2) is 0 Å². The quantitative estimate of drug-likeness (QED) is 0.696. The van der Waals surface area contributed by atoms with Crippen LogP contribution >= 0.6 is 0 Å². The van der Waals surface area contributed by atoms with Gasteiger partial charge in [-0.3, -0.25) is 9.13 Å². The zero-order valence-electron chi connectivity index (χ0n) is 8.66. The molecule has 0 spiro atoms. The molecular formula is C10H18N2O. The highest BCUT2D eigenvalue weighted by atomic mass is 16.1. The Labute approximate surface area is 79.0 Å². The van der Waals surface area contributed by atoms with Crippen molar-refractivity contribution < 1.29 is 0 Å². The Morgan fingerprint density at radius 3 is 2.38 bits per heavy atom. The minimum Gasteiger partial charge on any atom is -0.300 e. The highest BCUT2D eigenvalue weighted by Gasteiger charge is 2.04. The normalized spacial score (nSPS) is 13.2. The minimum absolute atomic E-state index is 0.114. The van der Waals surface area contributed by atoms with Gasteiger partial charge in [-0.1, -0.05) is 20.3 Å². The summed E-state index contributed by atoms with van der Waals surface area (Å²) in [4.78, 5) is 11.6. The van der Waals surface area contributed by atoms with Crippen LogP contribution in [0.1, 0.15) is 27.2 Å². The summed E-state index contributed by atoms with van der Waals surface area (Å²) in [6, 6.07) is 0. The molecule has 1 unspecified atom stereocenters. The number of rotatable bonds is 4. The van der Waals surface area contributed by atoms with E-state index in [0.717, 1.165) is 19.5 Å². The smallest absolute Gasteiger partial charge is 0.300 e. The molecular weight excluding hydrogens is 164 g/mol. The maximum Gasteiger partial charge on any atom is 0.328 e. The van der Waals surface area contributed by atoms with E-state index in [4.69, 9.17) is 0 Å². The number of aryl methyl sites for hydroxylation is 1. The van der Waals surface area contributed by atoms with Crippen LogP contribution in [0.3, 0.4) is 0 Å². The Balaban J connectivity index is 2.78. The molecule has 1 heterocycles. The molecule has 0 aliphatic carbocycles. The zero-order valence-corrected chi connectivity index (χ0v) is 8.66. The Morgan fingerprint density at radius 2 is 1.92 bits per heavy atom. The molecule has 0 aliphatic rings. The van der Waals surface area contributed by atoms with Crippen LogP contribution in [0.5, 0.6) is 0 Å². The molecule has 1 rings (SSSR count). The first-order chi connectivity index (χ1) is 6.19. The van der Waals surface area contributed by atoms with E-state index in [2.05, 4.69) is 13.8 Å². The second kappa shape index (κ2) is 4.30. The zero-order chi connectivity index (χ0) is 9.84. The van der Waals surface area contributed by atoms with Crippen LogP contribution in [-0.2, 0) is 13.1 Å². The van der Waals surface area contributed by atoms with Crippen molar-refractivity contribution in [1.82, 2.24) is 9.13 Å². The molecule has 0 saturated carbocycles. The maximum absolute atomic E-state index is 11.6. The van der Waals surface area contributed by atoms with Crippen molar-refractivity contribution in [2.24, 2.45) is 5.92 Å². The molecule has 1 aromatic heterocycles. The van der Waals surface area contributed by atoms with Gasteiger partial charge in [0.05, 0.1) is 0 Å². The highest BCUT2D eigenvalue weighted by molar-refractivity contribution is 4.81. The van der Waals surface area contributed by atoms with Crippen LogP contribution < -0.4 is 5.69 Å². The van der Waals surface area contributed by atoms with Gasteiger partial charge in [-0.2, -0.15) is 0 Å². The molecule has 0 N–H and O–H groups in total. The molecule has 0 saturated heterocycles. The van der Waals surface area contributed by atoms with Crippen molar-refractivity contribution in [2.45, 2.75) is 40.3 Å². The molecule has 0 bridgehead atoms. The topological polar surface area (TPSA) is 26.9 Å². The predicted molar refractivity (Wildman–Crippen MR) is 53.8 cm³/mol. The molecule has 0 aliphatic heterocycles. The highest BCUT2D eigenvalue weighted by Crippen LogP contribution is 2.02. The van der Waals surface area contributed by atoms with Gasteiger partial charge in [-0.25, -0.2) is 4.79 Å². The molecule has 0 amide bonds. The van der Waals surface area contributed by atoms with Crippen molar-refractivity contribution in [1.29, 1.82) is 0 Å². The van der Waals surface area contributed by atoms with E-state index >= 15 is 0 Å². The molecule has 0 radical (unpaired) electrons. The Hall–Kier alpha value is -0.990. The SMILES string of the molecule is CCC(C)Cn1ccn(CC)c1=O. The third-order valence-electron chi connectivity index (χ3n) is 2.46. The standard InChI is InChI=1S/C10H18N2O/c1-4-9(3)8-12-7-6-11(5-2)10(12)13/h6-7,9H,4-5,8H2,1-3H3. The van der Waals surface area contributed by atoms with Crippen LogP contribution in [-0.4, -0.2) is 9.13 Å². The largest absolute Gasteiger partial charge is 0.328 e. The van der Waals surface area contributed by atoms with E-state index in [0.29, 0.717) is 5.92 Å². The van der Waals surface area contributed by atoms with Gasteiger partial charge < -0.3 is 0 Å². The van der Waals surface area contributed by atoms with Gasteiger partial charge in [-0.15, -0.1) is 0 Å². The summed E-state index contributed by atoms with van der Waals surface area (Å²) in [6.07, 6.45) is 4.84. The summed E-state index contributed by atoms with van der Waals surface area (Å²) in [6.45, 7) is 7.88. The Bertz CT molecular complexity index is 311. The lowest BCUT2D eigenvalue weighted by Gasteiger charge is -2.07. The number of nitrogens with zero attached hydrogens (tertiary/aromatic N) is 2. The fourth-order valence-electron chi connectivity index (χ4n) is 1.30. The second-order valence-electron chi connectivity index (χ2n) is 3.53. The lowest BCUT2D eigenvalue weighted by Crippen LogP contribution is -2.25. The molecule has 3 nitrogen and oxygen atoms in total. The van der Waals surface area contributed by atoms with Gasteiger partial charge in [-0.05, 0) is 12.8 Å². The second-order valence-corrected chi connectivity index (χ2v) is 3.53. The predicted octanol–water partition coefficient (Wildman–Crippen LogP) is 1.72. The van der Waals surface area contributed by atoms with Crippen molar-refractivity contribution in [3.8, 4) is 0 Å². The summed E-state index contributed by atoms with van der Waals surface area (Å²) >= 11 is 0. The van der Waals surface area contributed by atoms with Crippen molar-refractivity contribution in [2.75, 3.05) is 0 Å². The van der Waals surface area contributed by atoms with Crippen LogP contribution in [0, 0.1) is 5.92 Å². The summed E-state index contributed by atoms with van der Waals surface area (Å²) in [5.41, 5.74) is 0.114. The van der Waals surface area contributed by atoms with Crippen molar-refractivity contribution in [3.05, 3.63) is 22.9 Å². The van der Waals surface area contributed by atoms with Gasteiger partial charge in [0, 0.05) is 25.5 Å². The number of hydrogen-bond acceptors (Lipinski definition) is 1. The van der Waals surface area contributed by atoms with Crippen molar-refractivity contribution >= 4 is 0 Å². The molecule has 1 atom stereocenters. The molecule has 0 fully saturated rings. The first-order valence-electron chi connectivity index (χ1n) is 4.94. The van der Waals surface area contributed by atoms with E-state index in [9.17, 15) is 4.79 Å². The molecule has 0 aromatic carbocycles. The molecule has 13 heavy (non-hydrogen) atoms. The lowest BCUT2D eigenvalue weighted by molar-refractivity contribution is 0.455. The minimum atomic E-state index is 0.114. The fraction of sp³-hybridized carbons (Fsp3) is 0.700. The van der Waals surface area contributed by atoms with Crippen LogP contribution in [0.2, 0.25) is 0 Å². The van der Waals surface area contributed by atoms with Gasteiger partial charge in [0.2, 0.25) is 0 Å². The van der Waals surface area contributed by atoms with E-state index in [1.807, 2.05) is 19.3 Å². The molecule has 1 aromatic rings. The van der Waals surface area contributed by atoms with Crippen LogP contribution in [0.25, 0.3) is 0 Å². The lowest BCUT2D eigenvalue weighted by atomic mass is 10.1. The average Bonchev–Trinajstić information content (AvgIpc) is 2.48. The van der Waals surface area contributed by atoms with E-state index < -0.39 is 0 Å². The summed E-state index contributed by atoms with van der Waals surface area (Å²) in [5.74, 6) is 0.574. The Kier molecular flexibility index (Phi) is 3.34. The van der Waals surface area contributed by atoms with E-state index in [1.54, 1.807) is 9.13 Å². The number of imidazole rings is 1. The maximum atomic E-state index is 11.6. The fourth-order valence-corrected chi connectivity index (χ4v) is 1.30.